The molecule has 2 amide bonds. The SMILES string of the molecule is CCS(=O)(=O)c1ccc(OC2CNC(CCC3CCN(C4NCC(C(=O)NC5C(C)(C)C(Oc6ccc(C#N)c(Cl)c6)C5(C)C)CN4)CC3)CN2)c(C2=CN(C)C(=O)C3NCCC23)c1. The van der Waals surface area contributed by atoms with Crippen LogP contribution in [0.25, 0.3) is 5.57 Å². The summed E-state index contributed by atoms with van der Waals surface area (Å²) in [6.45, 7) is 15.4. The molecular formula is C47H66ClN9O6S. The molecule has 0 bridgehead atoms. The van der Waals surface area contributed by atoms with Crippen LogP contribution in [-0.2, 0) is 19.4 Å². The second kappa shape index (κ2) is 18.8. The first-order valence-corrected chi connectivity index (χ1v) is 25.1. The number of hydrogen-bond donors (Lipinski definition) is 6. The van der Waals surface area contributed by atoms with E-state index in [0.29, 0.717) is 53.7 Å². The van der Waals surface area contributed by atoms with E-state index in [4.69, 9.17) is 21.1 Å². The normalized spacial score (nSPS) is 30.7. The van der Waals surface area contributed by atoms with Gasteiger partial charge in [-0.15, -0.1) is 0 Å². The number of carbonyl (C=O) groups excluding carboxylic acids is 2. The highest BCUT2D eigenvalue weighted by Crippen LogP contribution is 2.55. The number of nitrogens with one attached hydrogen (secondary N) is 6. The maximum absolute atomic E-state index is 13.6. The van der Waals surface area contributed by atoms with Crippen molar-refractivity contribution in [1.29, 1.82) is 5.26 Å². The highest BCUT2D eigenvalue weighted by atomic mass is 35.5. The fourth-order valence-electron chi connectivity index (χ4n) is 11.4. The third-order valence-corrected chi connectivity index (χ3v) is 16.9. The standard InChI is InChI=1S/C47H66ClN9O6S/c1-7-64(60,61)33-12-13-38(35(21-33)36-27-56(6)42(59)40-34(36)14-17-50-40)63-39-26-51-31(25-52-39)10-8-28-15-18-57(19-16-28)45-53-23-30(24-54-45)41(58)55-43-46(2,3)44(47(43,4)5)62-32-11-9-29(22-49)37(48)20-32/h9,11-13,20-21,27-28,30-31,34,39-40,43-45,50-54H,7-8,10,14-19,23-26H2,1-6H3,(H,55,58). The number of nitrogens with zero attached hydrogens (tertiary/aromatic N) is 3. The van der Waals surface area contributed by atoms with Gasteiger partial charge in [-0.2, -0.15) is 5.26 Å². The Hall–Kier alpha value is -3.79. The molecule has 1 saturated carbocycles. The van der Waals surface area contributed by atoms with Crippen LogP contribution in [0.2, 0.25) is 5.02 Å². The first-order chi connectivity index (χ1) is 30.5. The summed E-state index contributed by atoms with van der Waals surface area (Å²) in [6.07, 6.45) is 6.68. The Morgan fingerprint density at radius 1 is 0.938 bits per heavy atom. The Labute approximate surface area is 383 Å². The van der Waals surface area contributed by atoms with Gasteiger partial charge in [-0.1, -0.05) is 46.2 Å². The average molecular weight is 921 g/mol. The lowest BCUT2D eigenvalue weighted by atomic mass is 9.49. The molecule has 4 saturated heterocycles. The van der Waals surface area contributed by atoms with E-state index >= 15 is 0 Å². The minimum absolute atomic E-state index is 0.00223. The third-order valence-electron chi connectivity index (χ3n) is 14.9. The van der Waals surface area contributed by atoms with Gasteiger partial charge in [0.15, 0.2) is 16.1 Å². The Morgan fingerprint density at radius 3 is 2.33 bits per heavy atom. The molecular weight excluding hydrogens is 854 g/mol. The minimum atomic E-state index is -3.45. The number of likely N-dealkylation sites (tertiary alicyclic amines) is 1. The third kappa shape index (κ3) is 9.42. The van der Waals surface area contributed by atoms with Crippen molar-refractivity contribution in [3.63, 3.8) is 0 Å². The number of benzene rings is 2. The maximum Gasteiger partial charge on any atom is 0.244 e. The molecule has 5 heterocycles. The van der Waals surface area contributed by atoms with E-state index in [2.05, 4.69) is 70.6 Å². The zero-order chi connectivity index (χ0) is 45.6. The number of likely N-dealkylation sites (N-methyl/N-ethyl adjacent to an activating group) is 1. The number of hydrogen-bond acceptors (Lipinski definition) is 13. The molecule has 2 aromatic carbocycles. The quantitative estimate of drug-likeness (QED) is 0.171. The van der Waals surface area contributed by atoms with E-state index in [-0.39, 0.29) is 75.8 Å². The lowest BCUT2D eigenvalue weighted by Crippen LogP contribution is -2.75. The smallest absolute Gasteiger partial charge is 0.244 e. The summed E-state index contributed by atoms with van der Waals surface area (Å²) in [5, 5.41) is 30.8. The van der Waals surface area contributed by atoms with Crippen molar-refractivity contribution in [1.82, 2.24) is 41.7 Å². The zero-order valence-corrected chi connectivity index (χ0v) is 39.6. The van der Waals surface area contributed by atoms with Crippen LogP contribution in [0.15, 0.2) is 47.5 Å². The number of fused-ring (bicyclic) bond motifs is 1. The van der Waals surface area contributed by atoms with Gasteiger partial charge in [-0.25, -0.2) is 8.42 Å². The molecule has 0 spiro atoms. The molecule has 17 heteroatoms. The van der Waals surface area contributed by atoms with E-state index < -0.39 is 9.84 Å². The molecule has 64 heavy (non-hydrogen) atoms. The average Bonchev–Trinajstić information content (AvgIpc) is 3.79. The monoisotopic (exact) mass is 919 g/mol. The minimum Gasteiger partial charge on any atom is -0.489 e. The predicted octanol–water partition coefficient (Wildman–Crippen LogP) is 3.65. The maximum atomic E-state index is 13.6. The summed E-state index contributed by atoms with van der Waals surface area (Å²) in [5.74, 6) is 1.68. The van der Waals surface area contributed by atoms with Crippen LogP contribution in [0.3, 0.4) is 0 Å². The van der Waals surface area contributed by atoms with Gasteiger partial charge in [0, 0.05) is 93.0 Å². The Bertz CT molecular complexity index is 2230. The van der Waals surface area contributed by atoms with Crippen molar-refractivity contribution in [2.75, 3.05) is 58.6 Å². The molecule has 5 aliphatic heterocycles. The van der Waals surface area contributed by atoms with Crippen LogP contribution >= 0.6 is 11.6 Å². The van der Waals surface area contributed by atoms with Crippen molar-refractivity contribution in [2.24, 2.45) is 28.6 Å². The second-order valence-corrected chi connectivity index (χ2v) is 22.5. The Balaban J connectivity index is 0.762. The molecule has 0 radical (unpaired) electrons. The summed E-state index contributed by atoms with van der Waals surface area (Å²) in [5.41, 5.74) is 1.40. The number of halogens is 1. The number of piperazine rings is 1. The van der Waals surface area contributed by atoms with Crippen molar-refractivity contribution in [3.05, 3.63) is 58.7 Å². The molecule has 6 N–H and O–H groups in total. The van der Waals surface area contributed by atoms with Crippen molar-refractivity contribution in [3.8, 4) is 17.6 Å². The fourth-order valence-corrected chi connectivity index (χ4v) is 12.5. The lowest BCUT2D eigenvalue weighted by molar-refractivity contribution is -0.174. The molecule has 4 unspecified atom stereocenters. The van der Waals surface area contributed by atoms with Gasteiger partial charge in [0.2, 0.25) is 11.8 Å². The first kappa shape index (κ1) is 46.7. The topological polar surface area (TPSA) is 189 Å². The number of carbonyl (C=O) groups is 2. The van der Waals surface area contributed by atoms with Crippen LogP contribution in [0, 0.1) is 39.9 Å². The van der Waals surface area contributed by atoms with Gasteiger partial charge in [-0.3, -0.25) is 30.4 Å². The van der Waals surface area contributed by atoms with Gasteiger partial charge in [0.25, 0.3) is 0 Å². The molecule has 2 aromatic rings. The predicted molar refractivity (Wildman–Crippen MR) is 246 cm³/mol. The van der Waals surface area contributed by atoms with Gasteiger partial charge in [0.1, 0.15) is 30.0 Å². The fraction of sp³-hybridized carbons (Fsp3) is 0.638. The van der Waals surface area contributed by atoms with Crippen molar-refractivity contribution < 1.29 is 27.5 Å². The Kier molecular flexibility index (Phi) is 13.8. The van der Waals surface area contributed by atoms with Crippen LogP contribution in [0.5, 0.6) is 11.5 Å². The van der Waals surface area contributed by atoms with E-state index in [9.17, 15) is 23.3 Å². The summed E-state index contributed by atoms with van der Waals surface area (Å²) >= 11 is 6.27. The van der Waals surface area contributed by atoms with Gasteiger partial charge < -0.3 is 30.3 Å². The zero-order valence-electron chi connectivity index (χ0n) is 38.0. The molecule has 6 aliphatic rings. The number of ether oxygens (including phenoxy) is 2. The Morgan fingerprint density at radius 2 is 1.67 bits per heavy atom. The number of nitriles is 1. The van der Waals surface area contributed by atoms with Crippen LogP contribution in [-0.4, -0.2) is 125 Å². The van der Waals surface area contributed by atoms with E-state index in [1.54, 1.807) is 55.3 Å². The molecule has 15 nitrogen and oxygen atoms in total. The van der Waals surface area contributed by atoms with Crippen LogP contribution in [0.4, 0.5) is 0 Å². The van der Waals surface area contributed by atoms with Crippen molar-refractivity contribution in [2.45, 2.75) is 108 Å². The second-order valence-electron chi connectivity index (χ2n) is 19.9. The van der Waals surface area contributed by atoms with E-state index in [1.165, 1.54) is 0 Å². The number of amides is 2. The summed E-state index contributed by atoms with van der Waals surface area (Å²) in [7, 11) is -1.71. The highest BCUT2D eigenvalue weighted by Gasteiger charge is 2.64. The van der Waals surface area contributed by atoms with E-state index in [1.807, 2.05) is 6.20 Å². The number of rotatable bonds is 13. The van der Waals surface area contributed by atoms with Gasteiger partial charge in [0.05, 0.1) is 33.2 Å². The number of piperidine rings is 1. The lowest BCUT2D eigenvalue weighted by Gasteiger charge is -2.63. The van der Waals surface area contributed by atoms with Crippen molar-refractivity contribution >= 4 is 38.8 Å². The highest BCUT2D eigenvalue weighted by molar-refractivity contribution is 7.91. The molecule has 0 aromatic heterocycles. The molecule has 1 aliphatic carbocycles. The molecule has 5 fully saturated rings. The van der Waals surface area contributed by atoms with Gasteiger partial charge >= 0.3 is 0 Å². The largest absolute Gasteiger partial charge is 0.489 e. The van der Waals surface area contributed by atoms with Gasteiger partial charge in [-0.05, 0) is 80.5 Å². The molecule has 348 valence electrons. The van der Waals surface area contributed by atoms with Crippen LogP contribution < -0.4 is 41.4 Å². The summed E-state index contributed by atoms with van der Waals surface area (Å²) in [6, 6.07) is 12.2. The number of sulfone groups is 1. The molecule has 8 rings (SSSR count). The molecule has 4 atom stereocenters. The summed E-state index contributed by atoms with van der Waals surface area (Å²) in [4.78, 5) is 30.8. The first-order valence-electron chi connectivity index (χ1n) is 23.1. The summed E-state index contributed by atoms with van der Waals surface area (Å²) < 4.78 is 38.9. The van der Waals surface area contributed by atoms with E-state index in [0.717, 1.165) is 69.4 Å². The van der Waals surface area contributed by atoms with Crippen LogP contribution in [0.1, 0.15) is 77.8 Å².